The fourth-order valence-corrected chi connectivity index (χ4v) is 2.39. The molecule has 3 N–H and O–H groups in total. The minimum atomic E-state index is -0.683. The smallest absolute Gasteiger partial charge is 0.251 e. The summed E-state index contributed by atoms with van der Waals surface area (Å²) in [5.41, 5.74) is 1.84. The second-order valence-electron chi connectivity index (χ2n) is 5.88. The number of hydrogen-bond donors (Lipinski definition) is 3. The van der Waals surface area contributed by atoms with Crippen LogP contribution in [0.4, 0.5) is 5.69 Å². The van der Waals surface area contributed by atoms with Gasteiger partial charge in [0.15, 0.2) is 5.82 Å². The quantitative estimate of drug-likeness (QED) is 0.659. The van der Waals surface area contributed by atoms with Crippen molar-refractivity contribution >= 4 is 17.5 Å². The van der Waals surface area contributed by atoms with Crippen molar-refractivity contribution in [1.29, 1.82) is 0 Å². The van der Waals surface area contributed by atoms with Crippen LogP contribution in [0.2, 0.25) is 0 Å². The average molecular weight is 349 g/mol. The highest BCUT2D eigenvalue weighted by Gasteiger charge is 2.17. The Balaban J connectivity index is 1.66. The highest BCUT2D eigenvalue weighted by Crippen LogP contribution is 2.16. The van der Waals surface area contributed by atoms with E-state index in [0.717, 1.165) is 5.56 Å². The first-order valence-electron chi connectivity index (χ1n) is 8.19. The van der Waals surface area contributed by atoms with Gasteiger partial charge in [-0.2, -0.15) is 5.10 Å². The van der Waals surface area contributed by atoms with Gasteiger partial charge in [0, 0.05) is 16.8 Å². The molecular weight excluding hydrogens is 330 g/mol. The molecule has 0 saturated carbocycles. The molecule has 0 fully saturated rings. The summed E-state index contributed by atoms with van der Waals surface area (Å²) in [4.78, 5) is 28.9. The Morgan fingerprint density at radius 2 is 1.85 bits per heavy atom. The van der Waals surface area contributed by atoms with Crippen LogP contribution in [0.25, 0.3) is 11.4 Å². The molecule has 1 aromatic heterocycles. The van der Waals surface area contributed by atoms with Gasteiger partial charge in [0.1, 0.15) is 11.9 Å². The molecular formula is C19H19N5O2. The SMILES string of the molecule is Cc1nc(-c2cccc(C(=O)N[C@H](C)C(=O)Nc3ccccc3)c2)n[nH]1. The molecule has 26 heavy (non-hydrogen) atoms. The number of nitrogens with zero attached hydrogens (tertiary/aromatic N) is 2. The normalized spacial score (nSPS) is 11.6. The number of H-pyrrole nitrogens is 1. The van der Waals surface area contributed by atoms with E-state index in [9.17, 15) is 9.59 Å². The highest BCUT2D eigenvalue weighted by atomic mass is 16.2. The molecule has 0 aliphatic rings. The minimum absolute atomic E-state index is 0.287. The topological polar surface area (TPSA) is 99.8 Å². The number of hydrogen-bond acceptors (Lipinski definition) is 4. The van der Waals surface area contributed by atoms with Gasteiger partial charge >= 0.3 is 0 Å². The van der Waals surface area contributed by atoms with Crippen LogP contribution in [0.1, 0.15) is 23.1 Å². The standard InChI is InChI=1S/C19H19N5O2/c1-12(18(25)22-16-9-4-3-5-10-16)20-19(26)15-8-6-7-14(11-15)17-21-13(2)23-24-17/h3-12H,1-2H3,(H,20,26)(H,22,25)(H,21,23,24)/t12-/m1/s1. The molecule has 3 aromatic rings. The average Bonchev–Trinajstić information content (AvgIpc) is 3.09. The molecule has 132 valence electrons. The van der Waals surface area contributed by atoms with E-state index < -0.39 is 6.04 Å². The third kappa shape index (κ3) is 4.13. The van der Waals surface area contributed by atoms with Gasteiger partial charge in [-0.15, -0.1) is 0 Å². The van der Waals surface area contributed by atoms with Gasteiger partial charge in [0.2, 0.25) is 5.91 Å². The van der Waals surface area contributed by atoms with Crippen LogP contribution >= 0.6 is 0 Å². The predicted octanol–water partition coefficient (Wildman–Crippen LogP) is 2.54. The lowest BCUT2D eigenvalue weighted by Gasteiger charge is -2.14. The summed E-state index contributed by atoms with van der Waals surface area (Å²) in [5.74, 6) is 0.591. The van der Waals surface area contributed by atoms with Gasteiger partial charge < -0.3 is 10.6 Å². The number of benzene rings is 2. The number of nitrogens with one attached hydrogen (secondary N) is 3. The van der Waals surface area contributed by atoms with Crippen molar-refractivity contribution in [3.05, 3.63) is 66.0 Å². The van der Waals surface area contributed by atoms with E-state index in [-0.39, 0.29) is 11.8 Å². The van der Waals surface area contributed by atoms with Gasteiger partial charge in [-0.25, -0.2) is 4.98 Å². The number of carbonyl (C=O) groups is 2. The molecule has 1 heterocycles. The Morgan fingerprint density at radius 3 is 2.54 bits per heavy atom. The first-order valence-corrected chi connectivity index (χ1v) is 8.19. The number of aromatic amines is 1. The van der Waals surface area contributed by atoms with E-state index in [1.54, 1.807) is 44.2 Å². The summed E-state index contributed by atoms with van der Waals surface area (Å²) >= 11 is 0. The molecule has 2 aromatic carbocycles. The summed E-state index contributed by atoms with van der Waals surface area (Å²) in [5, 5.41) is 12.3. The highest BCUT2D eigenvalue weighted by molar-refractivity contribution is 6.01. The maximum atomic E-state index is 12.5. The molecule has 0 aliphatic heterocycles. The zero-order chi connectivity index (χ0) is 18.5. The lowest BCUT2D eigenvalue weighted by Crippen LogP contribution is -2.41. The Labute approximate surface area is 150 Å². The van der Waals surface area contributed by atoms with Crippen LogP contribution in [0.5, 0.6) is 0 Å². The van der Waals surface area contributed by atoms with Crippen LogP contribution in [0.15, 0.2) is 54.6 Å². The Morgan fingerprint density at radius 1 is 1.08 bits per heavy atom. The van der Waals surface area contributed by atoms with Crippen LogP contribution in [0, 0.1) is 6.92 Å². The van der Waals surface area contributed by atoms with Gasteiger partial charge in [0.05, 0.1) is 0 Å². The number of carbonyl (C=O) groups excluding carboxylic acids is 2. The molecule has 7 nitrogen and oxygen atoms in total. The van der Waals surface area contributed by atoms with Gasteiger partial charge in [-0.1, -0.05) is 30.3 Å². The summed E-state index contributed by atoms with van der Waals surface area (Å²) in [6.45, 7) is 3.44. The van der Waals surface area contributed by atoms with Crippen molar-refractivity contribution in [3.8, 4) is 11.4 Å². The van der Waals surface area contributed by atoms with Crippen molar-refractivity contribution in [2.45, 2.75) is 19.9 Å². The Bertz CT molecular complexity index is 920. The summed E-state index contributed by atoms with van der Waals surface area (Å²) in [7, 11) is 0. The minimum Gasteiger partial charge on any atom is -0.341 e. The third-order valence-electron chi connectivity index (χ3n) is 3.76. The summed E-state index contributed by atoms with van der Waals surface area (Å²) < 4.78 is 0. The third-order valence-corrected chi connectivity index (χ3v) is 3.76. The molecule has 3 rings (SSSR count). The zero-order valence-corrected chi connectivity index (χ0v) is 14.5. The van der Waals surface area contributed by atoms with E-state index in [4.69, 9.17) is 0 Å². The predicted molar refractivity (Wildman–Crippen MR) is 98.6 cm³/mol. The van der Waals surface area contributed by atoms with Gasteiger partial charge in [-0.3, -0.25) is 14.7 Å². The summed E-state index contributed by atoms with van der Waals surface area (Å²) in [6.07, 6.45) is 0. The van der Waals surface area contributed by atoms with E-state index in [1.807, 2.05) is 24.3 Å². The molecule has 0 unspecified atom stereocenters. The zero-order valence-electron chi connectivity index (χ0n) is 14.5. The van der Waals surface area contributed by atoms with Gasteiger partial charge in [0.25, 0.3) is 5.91 Å². The molecule has 7 heteroatoms. The van der Waals surface area contributed by atoms with Crippen molar-refractivity contribution in [2.24, 2.45) is 0 Å². The Kier molecular flexibility index (Phi) is 5.07. The van der Waals surface area contributed by atoms with E-state index in [1.165, 1.54) is 0 Å². The molecule has 2 amide bonds. The molecule has 0 aliphatic carbocycles. The number of para-hydroxylation sites is 1. The van der Waals surface area contributed by atoms with Gasteiger partial charge in [-0.05, 0) is 38.1 Å². The first kappa shape index (κ1) is 17.3. The van der Waals surface area contributed by atoms with E-state index in [0.29, 0.717) is 22.9 Å². The van der Waals surface area contributed by atoms with Crippen molar-refractivity contribution in [1.82, 2.24) is 20.5 Å². The largest absolute Gasteiger partial charge is 0.341 e. The molecule has 0 radical (unpaired) electrons. The van der Waals surface area contributed by atoms with Crippen molar-refractivity contribution < 1.29 is 9.59 Å². The Hall–Kier alpha value is -3.48. The number of aryl methyl sites for hydroxylation is 1. The fraction of sp³-hybridized carbons (Fsp3) is 0.158. The lowest BCUT2D eigenvalue weighted by molar-refractivity contribution is -0.117. The maximum absolute atomic E-state index is 12.5. The number of anilines is 1. The van der Waals surface area contributed by atoms with Crippen LogP contribution < -0.4 is 10.6 Å². The fourth-order valence-electron chi connectivity index (χ4n) is 2.39. The maximum Gasteiger partial charge on any atom is 0.251 e. The van der Waals surface area contributed by atoms with Crippen molar-refractivity contribution in [2.75, 3.05) is 5.32 Å². The van der Waals surface area contributed by atoms with Crippen molar-refractivity contribution in [3.63, 3.8) is 0 Å². The van der Waals surface area contributed by atoms with Crippen LogP contribution in [-0.4, -0.2) is 33.0 Å². The van der Waals surface area contributed by atoms with Crippen LogP contribution in [0.3, 0.4) is 0 Å². The number of rotatable bonds is 5. The van der Waals surface area contributed by atoms with E-state index >= 15 is 0 Å². The molecule has 0 bridgehead atoms. The number of aromatic nitrogens is 3. The van der Waals surface area contributed by atoms with Crippen LogP contribution in [-0.2, 0) is 4.79 Å². The second kappa shape index (κ2) is 7.60. The first-order chi connectivity index (χ1) is 12.5. The number of amides is 2. The molecule has 0 spiro atoms. The monoisotopic (exact) mass is 349 g/mol. The summed E-state index contributed by atoms with van der Waals surface area (Å²) in [6, 6.07) is 15.4. The van der Waals surface area contributed by atoms with E-state index in [2.05, 4.69) is 25.8 Å². The molecule has 1 atom stereocenters. The second-order valence-corrected chi connectivity index (χ2v) is 5.88. The lowest BCUT2D eigenvalue weighted by atomic mass is 10.1. The molecule has 0 saturated heterocycles.